The highest BCUT2D eigenvalue weighted by Gasteiger charge is 2.22. The second kappa shape index (κ2) is 6.95. The molecule has 19 heavy (non-hydrogen) atoms. The van der Waals surface area contributed by atoms with E-state index >= 15 is 0 Å². The number of ether oxygens (including phenoxy) is 1. The lowest BCUT2D eigenvalue weighted by Gasteiger charge is -2.16. The predicted molar refractivity (Wildman–Crippen MR) is 80.4 cm³/mol. The SMILES string of the molecule is CC(C)Oc1ccc(CNCC2CCCC2C)cc1. The van der Waals surface area contributed by atoms with Gasteiger partial charge < -0.3 is 10.1 Å². The Kier molecular flexibility index (Phi) is 5.26. The van der Waals surface area contributed by atoms with Gasteiger partial charge in [0.1, 0.15) is 5.75 Å². The first kappa shape index (κ1) is 14.4. The quantitative estimate of drug-likeness (QED) is 0.835. The summed E-state index contributed by atoms with van der Waals surface area (Å²) in [5.74, 6) is 2.74. The molecule has 1 aromatic carbocycles. The molecule has 1 aromatic rings. The van der Waals surface area contributed by atoms with Crippen LogP contribution in [0.2, 0.25) is 0 Å². The zero-order valence-electron chi connectivity index (χ0n) is 12.5. The summed E-state index contributed by atoms with van der Waals surface area (Å²) in [6.07, 6.45) is 4.46. The Morgan fingerprint density at radius 2 is 1.95 bits per heavy atom. The maximum Gasteiger partial charge on any atom is 0.119 e. The molecule has 2 heteroatoms. The van der Waals surface area contributed by atoms with Gasteiger partial charge in [-0.15, -0.1) is 0 Å². The highest BCUT2D eigenvalue weighted by molar-refractivity contribution is 5.27. The Morgan fingerprint density at radius 1 is 1.21 bits per heavy atom. The van der Waals surface area contributed by atoms with Crippen LogP contribution in [0.5, 0.6) is 5.75 Å². The number of rotatable bonds is 6. The third-order valence-corrected chi connectivity index (χ3v) is 4.07. The molecule has 0 amide bonds. The largest absolute Gasteiger partial charge is 0.491 e. The van der Waals surface area contributed by atoms with E-state index in [1.54, 1.807) is 0 Å². The summed E-state index contributed by atoms with van der Waals surface area (Å²) < 4.78 is 5.65. The zero-order valence-corrected chi connectivity index (χ0v) is 12.5. The second-order valence-electron chi connectivity index (χ2n) is 6.11. The Labute approximate surface area is 117 Å². The van der Waals surface area contributed by atoms with Crippen molar-refractivity contribution in [2.24, 2.45) is 11.8 Å². The van der Waals surface area contributed by atoms with Gasteiger partial charge in [0.2, 0.25) is 0 Å². The minimum Gasteiger partial charge on any atom is -0.491 e. The number of hydrogen-bond donors (Lipinski definition) is 1. The van der Waals surface area contributed by atoms with Crippen LogP contribution >= 0.6 is 0 Å². The minimum atomic E-state index is 0.243. The van der Waals surface area contributed by atoms with Crippen LogP contribution in [0, 0.1) is 11.8 Å². The molecule has 0 radical (unpaired) electrons. The lowest BCUT2D eigenvalue weighted by atomic mass is 9.98. The van der Waals surface area contributed by atoms with Crippen molar-refractivity contribution in [2.75, 3.05) is 6.54 Å². The van der Waals surface area contributed by atoms with Crippen LogP contribution in [0.25, 0.3) is 0 Å². The van der Waals surface area contributed by atoms with Crippen LogP contribution in [0.4, 0.5) is 0 Å². The monoisotopic (exact) mass is 261 g/mol. The Bertz CT molecular complexity index is 371. The summed E-state index contributed by atoms with van der Waals surface area (Å²) in [6.45, 7) is 8.62. The Morgan fingerprint density at radius 3 is 2.53 bits per heavy atom. The van der Waals surface area contributed by atoms with E-state index in [4.69, 9.17) is 4.74 Å². The van der Waals surface area contributed by atoms with Crippen molar-refractivity contribution in [1.29, 1.82) is 0 Å². The Balaban J connectivity index is 1.73. The van der Waals surface area contributed by atoms with Crippen LogP contribution in [0.3, 0.4) is 0 Å². The van der Waals surface area contributed by atoms with Crippen LogP contribution < -0.4 is 10.1 Å². The smallest absolute Gasteiger partial charge is 0.119 e. The molecule has 1 aliphatic rings. The standard InChI is InChI=1S/C17H27NO/c1-13(2)19-17-9-7-15(8-10-17)11-18-12-16-6-4-5-14(16)3/h7-10,13-14,16,18H,4-6,11-12H2,1-3H3. The first-order valence-corrected chi connectivity index (χ1v) is 7.61. The molecule has 0 aromatic heterocycles. The molecule has 2 nitrogen and oxygen atoms in total. The molecule has 0 bridgehead atoms. The summed E-state index contributed by atoms with van der Waals surface area (Å²) >= 11 is 0. The van der Waals surface area contributed by atoms with Crippen LogP contribution in [-0.2, 0) is 6.54 Å². The third kappa shape index (κ3) is 4.54. The van der Waals surface area contributed by atoms with Gasteiger partial charge in [-0.2, -0.15) is 0 Å². The van der Waals surface area contributed by atoms with E-state index in [-0.39, 0.29) is 6.10 Å². The number of hydrogen-bond acceptors (Lipinski definition) is 2. The van der Waals surface area contributed by atoms with E-state index in [0.717, 1.165) is 30.7 Å². The first-order valence-electron chi connectivity index (χ1n) is 7.61. The molecule has 1 aliphatic carbocycles. The van der Waals surface area contributed by atoms with Gasteiger partial charge >= 0.3 is 0 Å². The van der Waals surface area contributed by atoms with Gasteiger partial charge in [0, 0.05) is 6.54 Å². The molecule has 1 saturated carbocycles. The molecule has 0 spiro atoms. The average molecular weight is 261 g/mol. The second-order valence-corrected chi connectivity index (χ2v) is 6.11. The molecular formula is C17H27NO. The first-order chi connectivity index (χ1) is 9.15. The molecule has 106 valence electrons. The maximum atomic E-state index is 5.65. The van der Waals surface area contributed by atoms with Gasteiger partial charge in [-0.1, -0.05) is 31.9 Å². The normalized spacial score (nSPS) is 22.9. The molecule has 0 saturated heterocycles. The molecule has 1 N–H and O–H groups in total. The third-order valence-electron chi connectivity index (χ3n) is 4.07. The highest BCUT2D eigenvalue weighted by Crippen LogP contribution is 2.30. The van der Waals surface area contributed by atoms with Crippen molar-refractivity contribution >= 4 is 0 Å². The van der Waals surface area contributed by atoms with Crippen molar-refractivity contribution in [3.8, 4) is 5.75 Å². The van der Waals surface area contributed by atoms with Crippen molar-refractivity contribution in [3.63, 3.8) is 0 Å². The summed E-state index contributed by atoms with van der Waals surface area (Å²) in [7, 11) is 0. The van der Waals surface area contributed by atoms with Crippen molar-refractivity contribution < 1.29 is 4.74 Å². The van der Waals surface area contributed by atoms with Gasteiger partial charge in [0.15, 0.2) is 0 Å². The van der Waals surface area contributed by atoms with Gasteiger partial charge in [0.05, 0.1) is 6.10 Å². The van der Waals surface area contributed by atoms with Crippen LogP contribution in [0.15, 0.2) is 24.3 Å². The average Bonchev–Trinajstić information content (AvgIpc) is 2.77. The lowest BCUT2D eigenvalue weighted by molar-refractivity contribution is 0.242. The topological polar surface area (TPSA) is 21.3 Å². The van der Waals surface area contributed by atoms with Crippen molar-refractivity contribution in [1.82, 2.24) is 5.32 Å². The van der Waals surface area contributed by atoms with Crippen LogP contribution in [-0.4, -0.2) is 12.6 Å². The van der Waals surface area contributed by atoms with Crippen molar-refractivity contribution in [3.05, 3.63) is 29.8 Å². The van der Waals surface area contributed by atoms with Gasteiger partial charge in [0.25, 0.3) is 0 Å². The summed E-state index contributed by atoms with van der Waals surface area (Å²) in [6, 6.07) is 8.44. The van der Waals surface area contributed by atoms with Crippen LogP contribution in [0.1, 0.15) is 45.6 Å². The van der Waals surface area contributed by atoms with E-state index in [2.05, 4.69) is 50.4 Å². The fraction of sp³-hybridized carbons (Fsp3) is 0.647. The fourth-order valence-corrected chi connectivity index (χ4v) is 2.89. The molecule has 2 unspecified atom stereocenters. The zero-order chi connectivity index (χ0) is 13.7. The summed E-state index contributed by atoms with van der Waals surface area (Å²) in [5.41, 5.74) is 1.33. The van der Waals surface area contributed by atoms with E-state index in [1.165, 1.54) is 24.8 Å². The molecule has 0 heterocycles. The fourth-order valence-electron chi connectivity index (χ4n) is 2.89. The van der Waals surface area contributed by atoms with Gasteiger partial charge in [-0.3, -0.25) is 0 Å². The number of nitrogens with one attached hydrogen (secondary N) is 1. The Hall–Kier alpha value is -1.02. The molecule has 1 fully saturated rings. The summed E-state index contributed by atoms with van der Waals surface area (Å²) in [4.78, 5) is 0. The minimum absolute atomic E-state index is 0.243. The number of benzene rings is 1. The van der Waals surface area contributed by atoms with E-state index < -0.39 is 0 Å². The lowest BCUT2D eigenvalue weighted by Crippen LogP contribution is -2.23. The molecule has 2 atom stereocenters. The van der Waals surface area contributed by atoms with Crippen molar-refractivity contribution in [2.45, 2.75) is 52.7 Å². The highest BCUT2D eigenvalue weighted by atomic mass is 16.5. The van der Waals surface area contributed by atoms with Gasteiger partial charge in [-0.05, 0) is 56.3 Å². The predicted octanol–water partition coefficient (Wildman–Crippen LogP) is 4.00. The van der Waals surface area contributed by atoms with Gasteiger partial charge in [-0.25, -0.2) is 0 Å². The summed E-state index contributed by atoms with van der Waals surface area (Å²) in [5, 5.41) is 3.59. The molecule has 0 aliphatic heterocycles. The maximum absolute atomic E-state index is 5.65. The molecular weight excluding hydrogens is 234 g/mol. The molecule has 2 rings (SSSR count). The van der Waals surface area contributed by atoms with E-state index in [1.807, 2.05) is 0 Å². The van der Waals surface area contributed by atoms with E-state index in [0.29, 0.717) is 0 Å². The van der Waals surface area contributed by atoms with E-state index in [9.17, 15) is 0 Å².